The van der Waals surface area contributed by atoms with Crippen molar-refractivity contribution in [2.75, 3.05) is 0 Å². The summed E-state index contributed by atoms with van der Waals surface area (Å²) < 4.78 is 5.64. The quantitative estimate of drug-likeness (QED) is 0.638. The van der Waals surface area contributed by atoms with Crippen LogP contribution in [0, 0.1) is 13.8 Å². The normalized spacial score (nSPS) is 11.0. The molecule has 0 atom stereocenters. The molecular formula is C19H18O2. The standard InChI is InChI=1S/C19H18O2/c1-13-3-6-15(7-4-13)8-9-17(20)19-12-16-11-14(2)5-10-18(16)21-19/h3-7,10-12H,8-9H2,1-2H3. The second kappa shape index (κ2) is 5.57. The average Bonchev–Trinajstić information content (AvgIpc) is 2.89. The molecule has 0 N–H and O–H groups in total. The summed E-state index contributed by atoms with van der Waals surface area (Å²) in [7, 11) is 0. The van der Waals surface area contributed by atoms with Crippen molar-refractivity contribution in [1.29, 1.82) is 0 Å². The first-order valence-electron chi connectivity index (χ1n) is 7.21. The van der Waals surface area contributed by atoms with Crippen molar-refractivity contribution in [3.63, 3.8) is 0 Å². The number of benzene rings is 2. The number of ketones is 1. The maximum atomic E-state index is 12.2. The first-order chi connectivity index (χ1) is 10.1. The zero-order valence-electron chi connectivity index (χ0n) is 12.3. The molecule has 0 spiro atoms. The molecule has 0 bridgehead atoms. The van der Waals surface area contributed by atoms with Crippen LogP contribution in [-0.4, -0.2) is 5.78 Å². The third-order valence-corrected chi connectivity index (χ3v) is 3.71. The van der Waals surface area contributed by atoms with E-state index in [0.29, 0.717) is 12.2 Å². The molecule has 1 heterocycles. The summed E-state index contributed by atoms with van der Waals surface area (Å²) in [5.74, 6) is 0.520. The Balaban J connectivity index is 1.73. The summed E-state index contributed by atoms with van der Waals surface area (Å²) >= 11 is 0. The third-order valence-electron chi connectivity index (χ3n) is 3.71. The van der Waals surface area contributed by atoms with Gasteiger partial charge in [0.05, 0.1) is 0 Å². The number of carbonyl (C=O) groups is 1. The van der Waals surface area contributed by atoms with Gasteiger partial charge in [-0.2, -0.15) is 0 Å². The Morgan fingerprint density at radius 1 is 0.952 bits per heavy atom. The van der Waals surface area contributed by atoms with E-state index in [1.54, 1.807) is 0 Å². The maximum absolute atomic E-state index is 12.2. The highest BCUT2D eigenvalue weighted by molar-refractivity contribution is 5.97. The van der Waals surface area contributed by atoms with Gasteiger partial charge in [-0.15, -0.1) is 0 Å². The minimum atomic E-state index is 0.0597. The molecule has 0 radical (unpaired) electrons. The van der Waals surface area contributed by atoms with Crippen molar-refractivity contribution >= 4 is 16.8 Å². The van der Waals surface area contributed by atoms with Gasteiger partial charge < -0.3 is 4.42 Å². The van der Waals surface area contributed by atoms with Crippen LogP contribution in [0.2, 0.25) is 0 Å². The van der Waals surface area contributed by atoms with Crippen LogP contribution in [0.5, 0.6) is 0 Å². The van der Waals surface area contributed by atoms with E-state index in [1.807, 2.05) is 31.2 Å². The van der Waals surface area contributed by atoms with E-state index in [9.17, 15) is 4.79 Å². The Bertz CT molecular complexity index is 779. The highest BCUT2D eigenvalue weighted by Crippen LogP contribution is 2.22. The molecule has 0 saturated carbocycles. The molecule has 0 aliphatic carbocycles. The number of aryl methyl sites for hydroxylation is 3. The Hall–Kier alpha value is -2.35. The van der Waals surface area contributed by atoms with Crippen LogP contribution in [0.4, 0.5) is 0 Å². The molecule has 2 heteroatoms. The number of fused-ring (bicyclic) bond motifs is 1. The summed E-state index contributed by atoms with van der Waals surface area (Å²) in [4.78, 5) is 12.2. The summed E-state index contributed by atoms with van der Waals surface area (Å²) in [6.45, 7) is 4.09. The zero-order valence-corrected chi connectivity index (χ0v) is 12.3. The fraction of sp³-hybridized carbons (Fsp3) is 0.211. The number of rotatable bonds is 4. The van der Waals surface area contributed by atoms with Gasteiger partial charge >= 0.3 is 0 Å². The van der Waals surface area contributed by atoms with Crippen LogP contribution in [-0.2, 0) is 6.42 Å². The van der Waals surface area contributed by atoms with Crippen LogP contribution in [0.25, 0.3) is 11.0 Å². The summed E-state index contributed by atoms with van der Waals surface area (Å²) in [5.41, 5.74) is 4.36. The highest BCUT2D eigenvalue weighted by atomic mass is 16.3. The third kappa shape index (κ3) is 3.05. The lowest BCUT2D eigenvalue weighted by Gasteiger charge is -2.00. The van der Waals surface area contributed by atoms with Crippen molar-refractivity contribution in [1.82, 2.24) is 0 Å². The van der Waals surface area contributed by atoms with Crippen molar-refractivity contribution in [2.45, 2.75) is 26.7 Å². The maximum Gasteiger partial charge on any atom is 0.198 e. The van der Waals surface area contributed by atoms with E-state index in [-0.39, 0.29) is 5.78 Å². The lowest BCUT2D eigenvalue weighted by molar-refractivity contribution is 0.0958. The second-order valence-corrected chi connectivity index (χ2v) is 5.56. The average molecular weight is 278 g/mol. The molecule has 0 aliphatic heterocycles. The Morgan fingerprint density at radius 3 is 2.43 bits per heavy atom. The van der Waals surface area contributed by atoms with E-state index < -0.39 is 0 Å². The molecule has 3 rings (SSSR count). The van der Waals surface area contributed by atoms with Crippen LogP contribution < -0.4 is 0 Å². The van der Waals surface area contributed by atoms with Crippen LogP contribution >= 0.6 is 0 Å². The molecule has 0 saturated heterocycles. The van der Waals surface area contributed by atoms with Gasteiger partial charge in [0.15, 0.2) is 11.5 Å². The molecule has 1 aromatic heterocycles. The Morgan fingerprint density at radius 2 is 1.67 bits per heavy atom. The lowest BCUT2D eigenvalue weighted by Crippen LogP contribution is -1.99. The van der Waals surface area contributed by atoms with Gasteiger partial charge in [0.2, 0.25) is 0 Å². The van der Waals surface area contributed by atoms with Gasteiger partial charge in [-0.05, 0) is 44.0 Å². The molecular weight excluding hydrogens is 260 g/mol. The SMILES string of the molecule is Cc1ccc(CCC(=O)c2cc3cc(C)ccc3o2)cc1. The second-order valence-electron chi connectivity index (χ2n) is 5.56. The molecule has 2 nitrogen and oxygen atoms in total. The fourth-order valence-electron chi connectivity index (χ4n) is 2.44. The largest absolute Gasteiger partial charge is 0.453 e. The number of carbonyl (C=O) groups excluding carboxylic acids is 1. The molecule has 3 aromatic rings. The lowest BCUT2D eigenvalue weighted by atomic mass is 10.0. The predicted octanol–water partition coefficient (Wildman–Crippen LogP) is 4.87. The monoisotopic (exact) mass is 278 g/mol. The van der Waals surface area contributed by atoms with Gasteiger partial charge in [-0.25, -0.2) is 0 Å². The first kappa shape index (κ1) is 13.6. The summed E-state index contributed by atoms with van der Waals surface area (Å²) in [6, 6.07) is 16.1. The highest BCUT2D eigenvalue weighted by Gasteiger charge is 2.12. The molecule has 21 heavy (non-hydrogen) atoms. The molecule has 106 valence electrons. The van der Waals surface area contributed by atoms with Crippen LogP contribution in [0.1, 0.15) is 33.7 Å². The molecule has 0 fully saturated rings. The summed E-state index contributed by atoms with van der Waals surface area (Å²) in [5, 5.41) is 0.994. The number of furan rings is 1. The van der Waals surface area contributed by atoms with E-state index in [2.05, 4.69) is 31.2 Å². The van der Waals surface area contributed by atoms with E-state index in [1.165, 1.54) is 16.7 Å². The van der Waals surface area contributed by atoms with Crippen LogP contribution in [0.3, 0.4) is 0 Å². The number of hydrogen-bond acceptors (Lipinski definition) is 2. The molecule has 0 unspecified atom stereocenters. The Kier molecular flexibility index (Phi) is 3.61. The number of Topliss-reactive ketones (excluding diaryl/α,β-unsaturated/α-hetero) is 1. The van der Waals surface area contributed by atoms with E-state index in [4.69, 9.17) is 4.42 Å². The zero-order chi connectivity index (χ0) is 14.8. The van der Waals surface area contributed by atoms with Crippen molar-refractivity contribution in [3.8, 4) is 0 Å². The fourth-order valence-corrected chi connectivity index (χ4v) is 2.44. The van der Waals surface area contributed by atoms with Gasteiger partial charge in [-0.1, -0.05) is 41.5 Å². The van der Waals surface area contributed by atoms with Crippen molar-refractivity contribution in [2.24, 2.45) is 0 Å². The van der Waals surface area contributed by atoms with Gasteiger partial charge in [0, 0.05) is 11.8 Å². The minimum absolute atomic E-state index is 0.0597. The van der Waals surface area contributed by atoms with E-state index in [0.717, 1.165) is 17.4 Å². The molecule has 2 aromatic carbocycles. The smallest absolute Gasteiger partial charge is 0.198 e. The van der Waals surface area contributed by atoms with Gasteiger partial charge in [0.25, 0.3) is 0 Å². The first-order valence-corrected chi connectivity index (χ1v) is 7.21. The molecule has 0 aliphatic rings. The topological polar surface area (TPSA) is 30.2 Å². The molecule has 0 amide bonds. The van der Waals surface area contributed by atoms with Crippen molar-refractivity contribution in [3.05, 3.63) is 71.0 Å². The Labute approximate surface area is 124 Å². The van der Waals surface area contributed by atoms with Crippen LogP contribution in [0.15, 0.2) is 52.9 Å². The van der Waals surface area contributed by atoms with Gasteiger partial charge in [-0.3, -0.25) is 4.79 Å². The summed E-state index contributed by atoms with van der Waals surface area (Å²) in [6.07, 6.45) is 1.22. The predicted molar refractivity (Wildman–Crippen MR) is 84.8 cm³/mol. The van der Waals surface area contributed by atoms with Gasteiger partial charge in [0.1, 0.15) is 5.58 Å². The number of hydrogen-bond donors (Lipinski definition) is 0. The van der Waals surface area contributed by atoms with E-state index >= 15 is 0 Å². The minimum Gasteiger partial charge on any atom is -0.453 e. The van der Waals surface area contributed by atoms with Crippen molar-refractivity contribution < 1.29 is 9.21 Å².